The molecular weight excluding hydrogens is 284 g/mol. The molecule has 0 saturated heterocycles. The molecular formula is C16H14N2S2. The number of aromatic nitrogens is 1. The van der Waals surface area contributed by atoms with Crippen LogP contribution in [0.25, 0.3) is 16.3 Å². The van der Waals surface area contributed by atoms with E-state index in [-0.39, 0.29) is 0 Å². The topological polar surface area (TPSA) is 24.9 Å². The Labute approximate surface area is 126 Å². The molecule has 0 aliphatic heterocycles. The molecule has 3 rings (SSSR count). The van der Waals surface area contributed by atoms with E-state index < -0.39 is 0 Å². The molecule has 2 aromatic carbocycles. The zero-order chi connectivity index (χ0) is 13.8. The van der Waals surface area contributed by atoms with E-state index in [0.29, 0.717) is 0 Å². The molecule has 2 nitrogen and oxygen atoms in total. The van der Waals surface area contributed by atoms with Crippen LogP contribution in [0.4, 0.5) is 0 Å². The molecule has 20 heavy (non-hydrogen) atoms. The normalized spacial score (nSPS) is 10.8. The smallest absolute Gasteiger partial charge is 0.166 e. The minimum Gasteiger partial charge on any atom is -0.253 e. The number of nitrogens with one attached hydrogen (secondary N) is 1. The zero-order valence-corrected chi connectivity index (χ0v) is 12.5. The Morgan fingerprint density at radius 1 is 1.15 bits per heavy atom. The van der Waals surface area contributed by atoms with Crippen molar-refractivity contribution in [1.29, 1.82) is 0 Å². The summed E-state index contributed by atoms with van der Waals surface area (Å²) in [6.07, 6.45) is 1.85. The molecule has 0 unspecified atom stereocenters. The van der Waals surface area contributed by atoms with Crippen molar-refractivity contribution in [2.45, 2.75) is 10.9 Å². The number of fused-ring (bicyclic) bond motifs is 1. The predicted molar refractivity (Wildman–Crippen MR) is 88.8 cm³/mol. The van der Waals surface area contributed by atoms with Gasteiger partial charge in [-0.25, -0.2) is 4.98 Å². The van der Waals surface area contributed by atoms with Gasteiger partial charge < -0.3 is 0 Å². The van der Waals surface area contributed by atoms with Crippen LogP contribution >= 0.6 is 23.3 Å². The Balaban J connectivity index is 1.60. The molecule has 0 aliphatic rings. The number of benzene rings is 2. The average molecular weight is 298 g/mol. The molecule has 100 valence electrons. The lowest BCUT2D eigenvalue weighted by Crippen LogP contribution is -2.02. The highest BCUT2D eigenvalue weighted by Gasteiger charge is 2.03. The van der Waals surface area contributed by atoms with Gasteiger partial charge in [0.1, 0.15) is 0 Å². The molecule has 0 saturated carbocycles. The lowest BCUT2D eigenvalue weighted by molar-refractivity contribution is 0.973. The summed E-state index contributed by atoms with van der Waals surface area (Å²) in [4.78, 5) is 4.58. The third-order valence-corrected chi connectivity index (χ3v) is 4.81. The van der Waals surface area contributed by atoms with Crippen LogP contribution in [0.3, 0.4) is 0 Å². The summed E-state index contributed by atoms with van der Waals surface area (Å²) < 4.78 is 5.63. The quantitative estimate of drug-likeness (QED) is 0.689. The van der Waals surface area contributed by atoms with Crippen LogP contribution in [-0.2, 0) is 6.54 Å². The van der Waals surface area contributed by atoms with Crippen molar-refractivity contribution in [1.82, 2.24) is 9.71 Å². The Kier molecular flexibility index (Phi) is 4.16. The Morgan fingerprint density at radius 3 is 2.70 bits per heavy atom. The maximum Gasteiger partial charge on any atom is 0.166 e. The molecule has 0 spiro atoms. The summed E-state index contributed by atoms with van der Waals surface area (Å²) in [5.41, 5.74) is 3.47. The molecule has 0 atom stereocenters. The standard InChI is InChI=1S/C16H14N2S2/c1-2-12-7-9-13(10-8-12)11-17-20-16-18-14-5-3-4-6-15(14)19-16/h2-10,17H,1,11H2. The van der Waals surface area contributed by atoms with Crippen LogP contribution < -0.4 is 4.72 Å². The monoisotopic (exact) mass is 298 g/mol. The first kappa shape index (κ1) is 13.4. The van der Waals surface area contributed by atoms with Crippen molar-refractivity contribution in [3.63, 3.8) is 0 Å². The molecule has 4 heteroatoms. The molecule has 0 bridgehead atoms. The van der Waals surface area contributed by atoms with Crippen molar-refractivity contribution in [3.8, 4) is 0 Å². The molecule has 0 fully saturated rings. The summed E-state index contributed by atoms with van der Waals surface area (Å²) in [5.74, 6) is 0. The third kappa shape index (κ3) is 3.10. The van der Waals surface area contributed by atoms with Crippen LogP contribution in [0.2, 0.25) is 0 Å². The molecule has 0 amide bonds. The van der Waals surface area contributed by atoms with E-state index in [1.165, 1.54) is 10.3 Å². The summed E-state index contributed by atoms with van der Waals surface area (Å²) >= 11 is 3.30. The molecule has 1 N–H and O–H groups in total. The number of thiazole rings is 1. The second kappa shape index (κ2) is 6.22. The van der Waals surface area contributed by atoms with E-state index in [0.717, 1.165) is 22.0 Å². The fourth-order valence-electron chi connectivity index (χ4n) is 1.85. The summed E-state index contributed by atoms with van der Waals surface area (Å²) in [5, 5.41) is 0. The van der Waals surface area contributed by atoms with Crippen LogP contribution in [0.15, 0.2) is 59.4 Å². The summed E-state index contributed by atoms with van der Waals surface area (Å²) in [6, 6.07) is 16.6. The fraction of sp³-hybridized carbons (Fsp3) is 0.0625. The zero-order valence-electron chi connectivity index (χ0n) is 10.9. The van der Waals surface area contributed by atoms with Crippen LogP contribution in [0.1, 0.15) is 11.1 Å². The minimum absolute atomic E-state index is 0.817. The van der Waals surface area contributed by atoms with Crippen molar-refractivity contribution >= 4 is 39.6 Å². The maximum absolute atomic E-state index is 4.58. The molecule has 0 radical (unpaired) electrons. The lowest BCUT2D eigenvalue weighted by Gasteiger charge is -2.02. The molecule has 1 aromatic heterocycles. The number of nitrogens with zero attached hydrogens (tertiary/aromatic N) is 1. The van der Waals surface area contributed by atoms with E-state index in [1.54, 1.807) is 23.3 Å². The largest absolute Gasteiger partial charge is 0.253 e. The van der Waals surface area contributed by atoms with Crippen molar-refractivity contribution in [2.75, 3.05) is 0 Å². The summed E-state index contributed by atoms with van der Waals surface area (Å²) in [7, 11) is 0. The number of para-hydroxylation sites is 1. The van der Waals surface area contributed by atoms with E-state index in [2.05, 4.69) is 46.6 Å². The second-order valence-corrected chi connectivity index (χ2v) is 6.48. The Hall–Kier alpha value is -1.62. The van der Waals surface area contributed by atoms with Crippen molar-refractivity contribution in [3.05, 3.63) is 66.2 Å². The van der Waals surface area contributed by atoms with E-state index in [4.69, 9.17) is 0 Å². The van der Waals surface area contributed by atoms with Crippen LogP contribution in [-0.4, -0.2) is 4.98 Å². The fourth-order valence-corrected chi connectivity index (χ4v) is 3.66. The maximum atomic E-state index is 4.58. The number of hydrogen-bond donors (Lipinski definition) is 1. The second-order valence-electron chi connectivity index (χ2n) is 4.32. The van der Waals surface area contributed by atoms with Gasteiger partial charge in [0, 0.05) is 6.54 Å². The van der Waals surface area contributed by atoms with Gasteiger partial charge in [-0.2, -0.15) is 0 Å². The minimum atomic E-state index is 0.817. The van der Waals surface area contributed by atoms with Gasteiger partial charge in [-0.15, -0.1) is 11.3 Å². The third-order valence-electron chi connectivity index (χ3n) is 2.93. The van der Waals surface area contributed by atoms with Gasteiger partial charge >= 0.3 is 0 Å². The van der Waals surface area contributed by atoms with Crippen LogP contribution in [0.5, 0.6) is 0 Å². The van der Waals surface area contributed by atoms with Gasteiger partial charge in [-0.3, -0.25) is 4.72 Å². The molecule has 1 heterocycles. The van der Waals surface area contributed by atoms with Crippen molar-refractivity contribution < 1.29 is 0 Å². The van der Waals surface area contributed by atoms with E-state index in [9.17, 15) is 0 Å². The van der Waals surface area contributed by atoms with Gasteiger partial charge in [-0.1, -0.05) is 49.1 Å². The summed E-state index contributed by atoms with van der Waals surface area (Å²) in [6.45, 7) is 4.57. The highest BCUT2D eigenvalue weighted by atomic mass is 32.2. The van der Waals surface area contributed by atoms with Gasteiger partial charge in [0.2, 0.25) is 0 Å². The Bertz CT molecular complexity index is 684. The van der Waals surface area contributed by atoms with E-state index >= 15 is 0 Å². The van der Waals surface area contributed by atoms with Gasteiger partial charge in [-0.05, 0) is 35.2 Å². The number of rotatable bonds is 5. The Morgan fingerprint density at radius 2 is 1.95 bits per heavy atom. The first-order valence-electron chi connectivity index (χ1n) is 6.32. The highest BCUT2D eigenvalue weighted by Crippen LogP contribution is 2.27. The first-order valence-corrected chi connectivity index (χ1v) is 7.95. The van der Waals surface area contributed by atoms with E-state index in [1.807, 2.05) is 24.3 Å². The lowest BCUT2D eigenvalue weighted by atomic mass is 10.1. The van der Waals surface area contributed by atoms with Crippen molar-refractivity contribution in [2.24, 2.45) is 0 Å². The molecule has 3 aromatic rings. The van der Waals surface area contributed by atoms with Gasteiger partial charge in [0.05, 0.1) is 10.2 Å². The van der Waals surface area contributed by atoms with Gasteiger partial charge in [0.15, 0.2) is 4.34 Å². The molecule has 0 aliphatic carbocycles. The van der Waals surface area contributed by atoms with Crippen LogP contribution in [0, 0.1) is 0 Å². The predicted octanol–water partition coefficient (Wildman–Crippen LogP) is 4.74. The van der Waals surface area contributed by atoms with Gasteiger partial charge in [0.25, 0.3) is 0 Å². The SMILES string of the molecule is C=Cc1ccc(CNSc2nc3ccccc3s2)cc1. The first-order chi connectivity index (χ1) is 9.85. The number of hydrogen-bond acceptors (Lipinski definition) is 4. The highest BCUT2D eigenvalue weighted by molar-refractivity contribution is 7.99. The average Bonchev–Trinajstić information content (AvgIpc) is 2.90.